The number of anilines is 1. The molecule has 0 amide bonds. The number of hydrogen-bond donors (Lipinski definition) is 1. The summed E-state index contributed by atoms with van der Waals surface area (Å²) in [5.41, 5.74) is 2.67. The first kappa shape index (κ1) is 19.1. The van der Waals surface area contributed by atoms with Gasteiger partial charge in [0.15, 0.2) is 11.6 Å². The molecular weight excluding hydrogens is 388 g/mol. The molecule has 0 aliphatic rings. The summed E-state index contributed by atoms with van der Waals surface area (Å²) < 4.78 is 29.8. The van der Waals surface area contributed by atoms with Crippen molar-refractivity contribution < 1.29 is 13.9 Å². The first-order valence-electron chi connectivity index (χ1n) is 8.96. The minimum Gasteiger partial charge on any atom is -0.505 e. The number of benzene rings is 3. The molecule has 4 rings (SSSR count). The Morgan fingerprint density at radius 1 is 0.967 bits per heavy atom. The predicted octanol–water partition coefficient (Wildman–Crippen LogP) is 4.27. The number of phenolic OH excluding ortho intramolecular Hbond substituents is 1. The van der Waals surface area contributed by atoms with Crippen LogP contribution < -0.4 is 5.01 Å². The van der Waals surface area contributed by atoms with E-state index in [1.165, 1.54) is 23.4 Å². The van der Waals surface area contributed by atoms with Crippen LogP contribution in [-0.2, 0) is 6.54 Å². The fourth-order valence-electron chi connectivity index (χ4n) is 3.14. The zero-order valence-electron chi connectivity index (χ0n) is 15.6. The van der Waals surface area contributed by atoms with Gasteiger partial charge >= 0.3 is 0 Å². The summed E-state index contributed by atoms with van der Waals surface area (Å²) in [4.78, 5) is 0. The number of nitrogens with zero attached hydrogens (tertiary/aromatic N) is 5. The van der Waals surface area contributed by atoms with Crippen molar-refractivity contribution in [3.8, 4) is 22.9 Å². The fraction of sp³-hybridized carbons (Fsp3) is 0.0455. The van der Waals surface area contributed by atoms with Crippen molar-refractivity contribution >= 4 is 5.69 Å². The van der Waals surface area contributed by atoms with Gasteiger partial charge in [-0.05, 0) is 29.8 Å². The Kier molecular flexibility index (Phi) is 5.09. The summed E-state index contributed by atoms with van der Waals surface area (Å²) in [5.74, 6) is -3.19. The van der Waals surface area contributed by atoms with Crippen LogP contribution in [0.2, 0.25) is 0 Å². The Morgan fingerprint density at radius 2 is 1.70 bits per heavy atom. The number of halogens is 2. The zero-order chi connectivity index (χ0) is 21.1. The molecule has 30 heavy (non-hydrogen) atoms. The van der Waals surface area contributed by atoms with Gasteiger partial charge in [-0.3, -0.25) is 5.01 Å². The van der Waals surface area contributed by atoms with Gasteiger partial charge in [0, 0.05) is 11.1 Å². The normalized spacial score (nSPS) is 10.6. The fourth-order valence-corrected chi connectivity index (χ4v) is 3.14. The van der Waals surface area contributed by atoms with Crippen LogP contribution in [0.15, 0.2) is 73.3 Å². The van der Waals surface area contributed by atoms with E-state index < -0.39 is 17.4 Å². The number of hydrogen-bond acceptors (Lipinski definition) is 5. The minimum atomic E-state index is -1.30. The lowest BCUT2D eigenvalue weighted by atomic mass is 9.99. The third kappa shape index (κ3) is 3.56. The number of nitriles is 1. The van der Waals surface area contributed by atoms with Crippen LogP contribution in [0.4, 0.5) is 14.5 Å². The van der Waals surface area contributed by atoms with E-state index in [4.69, 9.17) is 0 Å². The number of aromatic hydroxyl groups is 1. The third-order valence-corrected chi connectivity index (χ3v) is 4.65. The molecule has 0 aliphatic heterocycles. The molecule has 148 valence electrons. The average Bonchev–Trinajstić information content (AvgIpc) is 3.32. The van der Waals surface area contributed by atoms with Crippen molar-refractivity contribution in [3.63, 3.8) is 0 Å². The van der Waals surface area contributed by atoms with Crippen LogP contribution in [-0.4, -0.2) is 20.0 Å². The van der Waals surface area contributed by atoms with Gasteiger partial charge in [-0.2, -0.15) is 9.65 Å². The maximum absolute atomic E-state index is 14.4. The average molecular weight is 403 g/mol. The first-order valence-corrected chi connectivity index (χ1v) is 8.96. The molecule has 0 spiro atoms. The number of rotatable bonds is 5. The maximum Gasteiger partial charge on any atom is 0.200 e. The molecule has 4 aromatic rings. The summed E-state index contributed by atoms with van der Waals surface area (Å²) in [6.07, 6.45) is 2.85. The lowest BCUT2D eigenvalue weighted by molar-refractivity contribution is 0.403. The highest BCUT2D eigenvalue weighted by Gasteiger charge is 2.18. The summed E-state index contributed by atoms with van der Waals surface area (Å²) in [6.45, 7) is -0.0683. The summed E-state index contributed by atoms with van der Waals surface area (Å²) in [6, 6.07) is 19.2. The van der Waals surface area contributed by atoms with E-state index >= 15 is 0 Å². The van der Waals surface area contributed by atoms with Gasteiger partial charge in [0.1, 0.15) is 12.7 Å². The van der Waals surface area contributed by atoms with Gasteiger partial charge in [-0.25, -0.2) is 9.07 Å². The van der Waals surface area contributed by atoms with Crippen LogP contribution in [0, 0.1) is 23.0 Å². The quantitative estimate of drug-likeness (QED) is 0.538. The van der Waals surface area contributed by atoms with Gasteiger partial charge in [-0.1, -0.05) is 36.4 Å². The van der Waals surface area contributed by atoms with E-state index in [0.717, 1.165) is 11.6 Å². The monoisotopic (exact) mass is 403 g/mol. The molecule has 0 radical (unpaired) electrons. The molecule has 6 nitrogen and oxygen atoms in total. The molecule has 8 heteroatoms. The smallest absolute Gasteiger partial charge is 0.200 e. The second-order valence-corrected chi connectivity index (χ2v) is 6.48. The van der Waals surface area contributed by atoms with E-state index in [-0.39, 0.29) is 12.1 Å². The molecule has 1 aromatic heterocycles. The van der Waals surface area contributed by atoms with Gasteiger partial charge in [-0.15, -0.1) is 10.2 Å². The molecular formula is C22H15F2N5O. The zero-order valence-corrected chi connectivity index (χ0v) is 15.6. The van der Waals surface area contributed by atoms with E-state index in [1.807, 2.05) is 30.3 Å². The van der Waals surface area contributed by atoms with E-state index in [0.29, 0.717) is 16.8 Å². The molecule has 3 aromatic carbocycles. The number of phenols is 1. The Morgan fingerprint density at radius 3 is 2.40 bits per heavy atom. The second kappa shape index (κ2) is 8.01. The topological polar surface area (TPSA) is 78.0 Å². The minimum absolute atomic E-state index is 0.0321. The predicted molar refractivity (Wildman–Crippen MR) is 106 cm³/mol. The maximum atomic E-state index is 14.4. The molecule has 0 saturated heterocycles. The summed E-state index contributed by atoms with van der Waals surface area (Å²) in [7, 11) is 0. The molecule has 1 N–H and O–H groups in total. The SMILES string of the molecule is N#Cc1ccc(N(Cc2ccc(O)c(F)c2F)n2cnnc2)cc1-c1ccccc1. The Balaban J connectivity index is 1.82. The van der Waals surface area contributed by atoms with Crippen molar-refractivity contribution in [3.05, 3.63) is 96.1 Å². The number of aromatic nitrogens is 3. The standard InChI is InChI=1S/C22H15F2N5O/c23-21-17(7-9-20(30)22(21)24)12-29(28-13-26-27-14-28)18-8-6-16(11-25)19(10-18)15-4-2-1-3-5-15/h1-10,13-14,30H,12H2. The largest absolute Gasteiger partial charge is 0.505 e. The molecule has 1 heterocycles. The van der Waals surface area contributed by atoms with E-state index in [2.05, 4.69) is 16.3 Å². The summed E-state index contributed by atoms with van der Waals surface area (Å²) >= 11 is 0. The lowest BCUT2D eigenvalue weighted by Gasteiger charge is -2.26. The van der Waals surface area contributed by atoms with Crippen molar-refractivity contribution in [1.29, 1.82) is 5.26 Å². The van der Waals surface area contributed by atoms with Crippen molar-refractivity contribution in [2.24, 2.45) is 0 Å². The summed E-state index contributed by atoms with van der Waals surface area (Å²) in [5, 5.41) is 28.1. The Labute approximate surface area is 170 Å². The Hall–Kier alpha value is -4.25. The first-order chi connectivity index (χ1) is 14.6. The third-order valence-electron chi connectivity index (χ3n) is 4.65. The van der Waals surface area contributed by atoms with E-state index in [9.17, 15) is 19.1 Å². The van der Waals surface area contributed by atoms with Crippen LogP contribution in [0.3, 0.4) is 0 Å². The Bertz CT molecular complexity index is 1220. The molecule has 0 saturated carbocycles. The van der Waals surface area contributed by atoms with Crippen LogP contribution in [0.5, 0.6) is 5.75 Å². The van der Waals surface area contributed by atoms with Gasteiger partial charge < -0.3 is 5.11 Å². The highest BCUT2D eigenvalue weighted by molar-refractivity contribution is 5.74. The van der Waals surface area contributed by atoms with Crippen LogP contribution in [0.25, 0.3) is 11.1 Å². The lowest BCUT2D eigenvalue weighted by Crippen LogP contribution is -2.28. The van der Waals surface area contributed by atoms with Crippen LogP contribution >= 0.6 is 0 Å². The highest BCUT2D eigenvalue weighted by Crippen LogP contribution is 2.30. The van der Waals surface area contributed by atoms with Crippen molar-refractivity contribution in [2.75, 3.05) is 5.01 Å². The van der Waals surface area contributed by atoms with Crippen LogP contribution in [0.1, 0.15) is 11.1 Å². The molecule has 0 bridgehead atoms. The van der Waals surface area contributed by atoms with Gasteiger partial charge in [0.05, 0.1) is 23.9 Å². The van der Waals surface area contributed by atoms with Gasteiger partial charge in [0.2, 0.25) is 5.82 Å². The van der Waals surface area contributed by atoms with Crippen molar-refractivity contribution in [2.45, 2.75) is 6.54 Å². The van der Waals surface area contributed by atoms with E-state index in [1.54, 1.807) is 23.2 Å². The molecule has 0 fully saturated rings. The molecule has 0 unspecified atom stereocenters. The second-order valence-electron chi connectivity index (χ2n) is 6.48. The highest BCUT2D eigenvalue weighted by atomic mass is 19.2. The van der Waals surface area contributed by atoms with Crippen molar-refractivity contribution in [1.82, 2.24) is 14.9 Å². The van der Waals surface area contributed by atoms with Gasteiger partial charge in [0.25, 0.3) is 0 Å². The molecule has 0 atom stereocenters. The molecule has 0 aliphatic carbocycles.